The number of hydrogen-bond acceptors (Lipinski definition) is 5. The number of carbonyl (C=O) groups is 3. The maximum Gasteiger partial charge on any atom is 0.326 e. The molecule has 0 spiro atoms. The van der Waals surface area contributed by atoms with Gasteiger partial charge in [0.15, 0.2) is 0 Å². The lowest BCUT2D eigenvalue weighted by atomic mass is 10.1. The van der Waals surface area contributed by atoms with Gasteiger partial charge in [0.05, 0.1) is 11.4 Å². The summed E-state index contributed by atoms with van der Waals surface area (Å²) >= 11 is 0. The van der Waals surface area contributed by atoms with E-state index in [1.165, 1.54) is 31.2 Å². The third-order valence-corrected chi connectivity index (χ3v) is 4.57. The fourth-order valence-electron chi connectivity index (χ4n) is 1.90. The number of carboxylic acids is 1. The van der Waals surface area contributed by atoms with Gasteiger partial charge in [-0.3, -0.25) is 9.59 Å². The molecule has 0 aliphatic heterocycles. The van der Waals surface area contributed by atoms with E-state index in [0.29, 0.717) is 5.69 Å². The quantitative estimate of drug-likeness (QED) is 0.512. The highest BCUT2D eigenvalue weighted by molar-refractivity contribution is 7.89. The highest BCUT2D eigenvalue weighted by atomic mass is 32.2. The lowest BCUT2D eigenvalue weighted by Crippen LogP contribution is -2.47. The Hall–Kier alpha value is -2.46. The van der Waals surface area contributed by atoms with Crippen LogP contribution in [0.3, 0.4) is 0 Å². The van der Waals surface area contributed by atoms with E-state index in [9.17, 15) is 22.8 Å². The van der Waals surface area contributed by atoms with E-state index >= 15 is 0 Å². The lowest BCUT2D eigenvalue weighted by molar-refractivity contribution is -0.142. The summed E-state index contributed by atoms with van der Waals surface area (Å²) in [6, 6.07) is 4.28. The average molecular weight is 371 g/mol. The van der Waals surface area contributed by atoms with Gasteiger partial charge >= 0.3 is 5.97 Å². The van der Waals surface area contributed by atoms with Crippen molar-refractivity contribution in [1.82, 2.24) is 10.0 Å². The summed E-state index contributed by atoms with van der Waals surface area (Å²) in [6.07, 6.45) is 0. The number of hydrogen-bond donors (Lipinski definition) is 4. The first-order valence-corrected chi connectivity index (χ1v) is 8.90. The van der Waals surface area contributed by atoms with Crippen LogP contribution in [-0.2, 0) is 24.4 Å². The monoisotopic (exact) mass is 371 g/mol. The van der Waals surface area contributed by atoms with E-state index in [4.69, 9.17) is 5.11 Å². The first kappa shape index (κ1) is 20.6. The van der Waals surface area contributed by atoms with Gasteiger partial charge < -0.3 is 15.7 Å². The molecule has 138 valence electrons. The van der Waals surface area contributed by atoms with Crippen LogP contribution in [0.2, 0.25) is 0 Å². The number of benzene rings is 1. The Morgan fingerprint density at radius 1 is 1.12 bits per heavy atom. The number of amides is 2. The first-order chi connectivity index (χ1) is 11.5. The van der Waals surface area contributed by atoms with Crippen LogP contribution in [0, 0.1) is 5.92 Å². The van der Waals surface area contributed by atoms with Gasteiger partial charge in [0.25, 0.3) is 0 Å². The van der Waals surface area contributed by atoms with Gasteiger partial charge in [0.1, 0.15) is 6.04 Å². The molecule has 0 heterocycles. The number of rotatable bonds is 8. The largest absolute Gasteiger partial charge is 0.480 e. The molecule has 9 nitrogen and oxygen atoms in total. The molecule has 0 fully saturated rings. The summed E-state index contributed by atoms with van der Waals surface area (Å²) in [5, 5.41) is 13.8. The molecule has 10 heteroatoms. The summed E-state index contributed by atoms with van der Waals surface area (Å²) < 4.78 is 26.4. The zero-order chi connectivity index (χ0) is 19.2. The van der Waals surface area contributed by atoms with Gasteiger partial charge in [-0.15, -0.1) is 0 Å². The maximum absolute atomic E-state index is 12.1. The van der Waals surface area contributed by atoms with Gasteiger partial charge in [-0.2, -0.15) is 0 Å². The van der Waals surface area contributed by atoms with Crippen molar-refractivity contribution in [3.05, 3.63) is 24.3 Å². The number of anilines is 1. The molecule has 1 aromatic carbocycles. The number of nitrogens with one attached hydrogen (secondary N) is 3. The summed E-state index contributed by atoms with van der Waals surface area (Å²) in [4.78, 5) is 33.6. The van der Waals surface area contributed by atoms with Crippen molar-refractivity contribution in [3.63, 3.8) is 0 Å². The number of carbonyl (C=O) groups excluding carboxylic acids is 2. The Morgan fingerprint density at radius 2 is 1.68 bits per heavy atom. The summed E-state index contributed by atoms with van der Waals surface area (Å²) in [5.41, 5.74) is 0.436. The van der Waals surface area contributed by atoms with Crippen molar-refractivity contribution in [1.29, 1.82) is 0 Å². The van der Waals surface area contributed by atoms with Gasteiger partial charge in [-0.1, -0.05) is 13.8 Å². The Labute approximate surface area is 145 Å². The van der Waals surface area contributed by atoms with Crippen LogP contribution in [0.15, 0.2) is 29.2 Å². The van der Waals surface area contributed by atoms with Crippen molar-refractivity contribution in [2.24, 2.45) is 5.92 Å². The smallest absolute Gasteiger partial charge is 0.326 e. The summed E-state index contributed by atoms with van der Waals surface area (Å²) in [6.45, 7) is 3.98. The van der Waals surface area contributed by atoms with Crippen molar-refractivity contribution in [2.75, 3.05) is 11.9 Å². The van der Waals surface area contributed by atoms with Crippen LogP contribution in [0.4, 0.5) is 5.69 Å². The van der Waals surface area contributed by atoms with Gasteiger partial charge in [-0.05, 0) is 30.2 Å². The number of sulfonamides is 1. The zero-order valence-corrected chi connectivity index (χ0v) is 14.9. The molecule has 4 N–H and O–H groups in total. The van der Waals surface area contributed by atoms with Crippen molar-refractivity contribution < 1.29 is 27.9 Å². The molecule has 2 amide bonds. The van der Waals surface area contributed by atoms with Crippen LogP contribution in [0.1, 0.15) is 20.8 Å². The number of carboxylic acid groups (broad SMARTS) is 1. The first-order valence-electron chi connectivity index (χ1n) is 7.42. The Balaban J connectivity index is 2.70. The minimum absolute atomic E-state index is 0.0898. The van der Waals surface area contributed by atoms with E-state index in [1.54, 1.807) is 13.8 Å². The zero-order valence-electron chi connectivity index (χ0n) is 14.1. The molecule has 1 aromatic rings. The van der Waals surface area contributed by atoms with E-state index < -0.39 is 34.5 Å². The van der Waals surface area contributed by atoms with Crippen LogP contribution < -0.4 is 15.4 Å². The lowest BCUT2D eigenvalue weighted by Gasteiger charge is -2.18. The van der Waals surface area contributed by atoms with Gasteiger partial charge in [-0.25, -0.2) is 17.9 Å². The third kappa shape index (κ3) is 6.51. The third-order valence-electron chi connectivity index (χ3n) is 3.16. The second-order valence-electron chi connectivity index (χ2n) is 5.66. The molecule has 1 unspecified atom stereocenters. The fraction of sp³-hybridized carbons (Fsp3) is 0.400. The molecule has 0 aliphatic rings. The minimum Gasteiger partial charge on any atom is -0.480 e. The summed E-state index contributed by atoms with van der Waals surface area (Å²) in [7, 11) is -3.95. The molecule has 0 saturated carbocycles. The van der Waals surface area contributed by atoms with Gasteiger partial charge in [0, 0.05) is 12.6 Å². The predicted molar refractivity (Wildman–Crippen MR) is 90.3 cm³/mol. The second kappa shape index (κ2) is 8.58. The average Bonchev–Trinajstić information content (AvgIpc) is 2.50. The van der Waals surface area contributed by atoms with Crippen molar-refractivity contribution >= 4 is 33.5 Å². The standard InChI is InChI=1S/C15H21N3O6S/c1-9(2)14(15(21)22)18-13(20)8-16-25(23,24)12-6-4-11(5-7-12)17-10(3)19/h4-7,9,14,16H,8H2,1-3H3,(H,17,19)(H,18,20)(H,21,22). The summed E-state index contributed by atoms with van der Waals surface area (Å²) in [5.74, 6) is -2.58. The SMILES string of the molecule is CC(=O)Nc1ccc(S(=O)(=O)NCC(=O)NC(C(=O)O)C(C)C)cc1. The Bertz CT molecular complexity index is 743. The molecule has 1 rings (SSSR count). The molecule has 0 bridgehead atoms. The van der Waals surface area contributed by atoms with Crippen LogP contribution >= 0.6 is 0 Å². The molecule has 0 aromatic heterocycles. The maximum atomic E-state index is 12.1. The number of aliphatic carboxylic acids is 1. The highest BCUT2D eigenvalue weighted by Gasteiger charge is 2.24. The minimum atomic E-state index is -3.95. The normalized spacial score (nSPS) is 12.5. The molecule has 1 atom stereocenters. The van der Waals surface area contributed by atoms with Crippen molar-refractivity contribution in [3.8, 4) is 0 Å². The van der Waals surface area contributed by atoms with E-state index in [2.05, 4.69) is 15.4 Å². The van der Waals surface area contributed by atoms with Crippen LogP contribution in [0.25, 0.3) is 0 Å². The molecular formula is C15H21N3O6S. The van der Waals surface area contributed by atoms with Gasteiger partial charge in [0.2, 0.25) is 21.8 Å². The van der Waals surface area contributed by atoms with E-state index in [-0.39, 0.29) is 16.7 Å². The Kier molecular flexibility index (Phi) is 7.07. The molecule has 25 heavy (non-hydrogen) atoms. The van der Waals surface area contributed by atoms with E-state index in [1.807, 2.05) is 0 Å². The van der Waals surface area contributed by atoms with Crippen molar-refractivity contribution in [2.45, 2.75) is 31.7 Å². The molecular weight excluding hydrogens is 350 g/mol. The molecule has 0 aliphatic carbocycles. The van der Waals surface area contributed by atoms with Crippen LogP contribution in [0.5, 0.6) is 0 Å². The molecule has 0 radical (unpaired) electrons. The highest BCUT2D eigenvalue weighted by Crippen LogP contribution is 2.13. The van der Waals surface area contributed by atoms with Crippen LogP contribution in [-0.4, -0.2) is 43.9 Å². The Morgan fingerprint density at radius 3 is 2.12 bits per heavy atom. The predicted octanol–water partition coefficient (Wildman–Crippen LogP) is 0.149. The fourth-order valence-corrected chi connectivity index (χ4v) is 2.88. The van der Waals surface area contributed by atoms with E-state index in [0.717, 1.165) is 0 Å². The molecule has 0 saturated heterocycles. The second-order valence-corrected chi connectivity index (χ2v) is 7.42. The topological polar surface area (TPSA) is 142 Å².